The molecule has 1 aliphatic heterocycles. The first kappa shape index (κ1) is 17.1. The molecule has 1 fully saturated rings. The molecule has 0 bridgehead atoms. The SMILES string of the molecule is O=C(c1ccc(Cl)s1)N1CCC(n2c(=O)[nH]c3ccccc3c2=O)CC1. The van der Waals surface area contributed by atoms with E-state index < -0.39 is 5.69 Å². The highest BCUT2D eigenvalue weighted by Gasteiger charge is 2.27. The van der Waals surface area contributed by atoms with Crippen molar-refractivity contribution in [3.05, 3.63) is 66.4 Å². The van der Waals surface area contributed by atoms with E-state index in [0.29, 0.717) is 46.0 Å². The zero-order chi connectivity index (χ0) is 18.3. The van der Waals surface area contributed by atoms with Crippen molar-refractivity contribution in [2.24, 2.45) is 0 Å². The summed E-state index contributed by atoms with van der Waals surface area (Å²) in [5, 5.41) is 0.499. The van der Waals surface area contributed by atoms with E-state index in [4.69, 9.17) is 11.6 Å². The van der Waals surface area contributed by atoms with Crippen LogP contribution in [0.1, 0.15) is 28.6 Å². The van der Waals surface area contributed by atoms with E-state index in [1.165, 1.54) is 15.9 Å². The van der Waals surface area contributed by atoms with Crippen LogP contribution < -0.4 is 11.2 Å². The summed E-state index contributed by atoms with van der Waals surface area (Å²) in [7, 11) is 0. The highest BCUT2D eigenvalue weighted by atomic mass is 35.5. The number of amides is 1. The number of hydrogen-bond acceptors (Lipinski definition) is 4. The number of carbonyl (C=O) groups is 1. The molecular formula is C18H16ClN3O3S. The van der Waals surface area contributed by atoms with Crippen LogP contribution in [0.25, 0.3) is 10.9 Å². The van der Waals surface area contributed by atoms with Crippen LogP contribution in [-0.4, -0.2) is 33.4 Å². The van der Waals surface area contributed by atoms with E-state index in [9.17, 15) is 14.4 Å². The number of thiophene rings is 1. The minimum atomic E-state index is -0.400. The molecular weight excluding hydrogens is 374 g/mol. The second kappa shape index (κ2) is 6.74. The van der Waals surface area contributed by atoms with Gasteiger partial charge in [0.25, 0.3) is 11.5 Å². The number of para-hydroxylation sites is 1. The summed E-state index contributed by atoms with van der Waals surface area (Å²) in [6.07, 6.45) is 1.12. The van der Waals surface area contributed by atoms with Gasteiger partial charge in [0, 0.05) is 19.1 Å². The lowest BCUT2D eigenvalue weighted by Crippen LogP contribution is -2.44. The summed E-state index contributed by atoms with van der Waals surface area (Å²) in [5.41, 5.74) is -0.136. The maximum atomic E-state index is 12.7. The molecule has 8 heteroatoms. The van der Waals surface area contributed by atoms with Crippen molar-refractivity contribution in [3.8, 4) is 0 Å². The number of nitrogens with one attached hydrogen (secondary N) is 1. The number of likely N-dealkylation sites (tertiary alicyclic amines) is 1. The van der Waals surface area contributed by atoms with Gasteiger partial charge in [-0.15, -0.1) is 11.3 Å². The van der Waals surface area contributed by atoms with E-state index in [-0.39, 0.29) is 17.5 Å². The van der Waals surface area contributed by atoms with Crippen LogP contribution in [0.2, 0.25) is 4.34 Å². The van der Waals surface area contributed by atoms with Gasteiger partial charge in [-0.25, -0.2) is 4.79 Å². The topological polar surface area (TPSA) is 75.2 Å². The number of benzene rings is 1. The summed E-state index contributed by atoms with van der Waals surface area (Å²) in [6, 6.07) is 10.2. The van der Waals surface area contributed by atoms with Crippen molar-refractivity contribution in [2.45, 2.75) is 18.9 Å². The second-order valence-electron chi connectivity index (χ2n) is 6.28. The van der Waals surface area contributed by atoms with Crippen LogP contribution in [0.3, 0.4) is 0 Å². The van der Waals surface area contributed by atoms with Gasteiger partial charge in [0.1, 0.15) is 0 Å². The highest BCUT2D eigenvalue weighted by molar-refractivity contribution is 7.17. The average Bonchev–Trinajstić information content (AvgIpc) is 3.08. The molecule has 0 spiro atoms. The van der Waals surface area contributed by atoms with Crippen LogP contribution in [0.5, 0.6) is 0 Å². The quantitative estimate of drug-likeness (QED) is 0.732. The number of halogens is 1. The lowest BCUT2D eigenvalue weighted by Gasteiger charge is -2.32. The molecule has 134 valence electrons. The number of aromatic nitrogens is 2. The van der Waals surface area contributed by atoms with Gasteiger partial charge in [-0.3, -0.25) is 14.2 Å². The molecule has 3 heterocycles. The lowest BCUT2D eigenvalue weighted by atomic mass is 10.0. The van der Waals surface area contributed by atoms with Crippen molar-refractivity contribution in [3.63, 3.8) is 0 Å². The molecule has 0 unspecified atom stereocenters. The molecule has 1 aliphatic rings. The molecule has 6 nitrogen and oxygen atoms in total. The smallest absolute Gasteiger partial charge is 0.329 e. The van der Waals surface area contributed by atoms with Gasteiger partial charge in [-0.1, -0.05) is 23.7 Å². The third-order valence-electron chi connectivity index (χ3n) is 4.74. The van der Waals surface area contributed by atoms with Gasteiger partial charge >= 0.3 is 5.69 Å². The first-order valence-electron chi connectivity index (χ1n) is 8.33. The standard InChI is InChI=1S/C18H16ClN3O3S/c19-15-6-5-14(26-15)17(24)21-9-7-11(8-10-21)22-16(23)12-3-1-2-4-13(12)20-18(22)25/h1-6,11H,7-10H2,(H,20,25). The van der Waals surface area contributed by atoms with E-state index in [0.717, 1.165) is 0 Å². The predicted octanol–water partition coefficient (Wildman–Crippen LogP) is 2.88. The number of aromatic amines is 1. The molecule has 0 atom stereocenters. The number of hydrogen-bond donors (Lipinski definition) is 1. The number of piperidine rings is 1. The Morgan fingerprint density at radius 1 is 1.12 bits per heavy atom. The van der Waals surface area contributed by atoms with Crippen molar-refractivity contribution < 1.29 is 4.79 Å². The Kier molecular flexibility index (Phi) is 4.42. The van der Waals surface area contributed by atoms with E-state index in [1.54, 1.807) is 41.3 Å². The van der Waals surface area contributed by atoms with Crippen molar-refractivity contribution in [1.82, 2.24) is 14.5 Å². The summed E-state index contributed by atoms with van der Waals surface area (Å²) in [4.78, 5) is 42.8. The first-order valence-corrected chi connectivity index (χ1v) is 9.52. The fourth-order valence-electron chi connectivity index (χ4n) is 3.42. The van der Waals surface area contributed by atoms with Crippen LogP contribution in [0.15, 0.2) is 46.0 Å². The monoisotopic (exact) mass is 389 g/mol. The Morgan fingerprint density at radius 2 is 1.85 bits per heavy atom. The highest BCUT2D eigenvalue weighted by Crippen LogP contribution is 2.26. The molecule has 1 N–H and O–H groups in total. The molecule has 0 aliphatic carbocycles. The largest absolute Gasteiger partial charge is 0.338 e. The van der Waals surface area contributed by atoms with Gasteiger partial charge in [-0.2, -0.15) is 0 Å². The molecule has 1 amide bonds. The third-order valence-corrected chi connectivity index (χ3v) is 5.96. The van der Waals surface area contributed by atoms with Gasteiger partial charge in [-0.05, 0) is 37.1 Å². The normalized spacial score (nSPS) is 15.5. The zero-order valence-corrected chi connectivity index (χ0v) is 15.3. The fourth-order valence-corrected chi connectivity index (χ4v) is 4.43. The number of rotatable bonds is 2. The Labute approximate surface area is 157 Å². The predicted molar refractivity (Wildman–Crippen MR) is 102 cm³/mol. The molecule has 2 aromatic heterocycles. The number of nitrogens with zero attached hydrogens (tertiary/aromatic N) is 2. The minimum Gasteiger partial charge on any atom is -0.338 e. The van der Waals surface area contributed by atoms with Crippen molar-refractivity contribution >= 4 is 39.7 Å². The van der Waals surface area contributed by atoms with E-state index in [1.807, 2.05) is 0 Å². The van der Waals surface area contributed by atoms with Crippen LogP contribution >= 0.6 is 22.9 Å². The zero-order valence-electron chi connectivity index (χ0n) is 13.8. The number of H-pyrrole nitrogens is 1. The third kappa shape index (κ3) is 2.97. The summed E-state index contributed by atoms with van der Waals surface area (Å²) >= 11 is 7.16. The molecule has 0 saturated carbocycles. The molecule has 1 aromatic carbocycles. The molecule has 1 saturated heterocycles. The Hall–Kier alpha value is -2.38. The van der Waals surface area contributed by atoms with Gasteiger partial charge in [0.2, 0.25) is 0 Å². The molecule has 0 radical (unpaired) electrons. The van der Waals surface area contributed by atoms with Crippen LogP contribution in [0.4, 0.5) is 0 Å². The summed E-state index contributed by atoms with van der Waals surface area (Å²) in [6.45, 7) is 0.995. The minimum absolute atomic E-state index is 0.0554. The molecule has 3 aromatic rings. The Morgan fingerprint density at radius 3 is 2.54 bits per heavy atom. The fraction of sp³-hybridized carbons (Fsp3) is 0.278. The second-order valence-corrected chi connectivity index (χ2v) is 7.99. The average molecular weight is 390 g/mol. The van der Waals surface area contributed by atoms with E-state index >= 15 is 0 Å². The van der Waals surface area contributed by atoms with Crippen LogP contribution in [0, 0.1) is 0 Å². The van der Waals surface area contributed by atoms with Gasteiger partial charge < -0.3 is 9.88 Å². The Balaban J connectivity index is 1.57. The maximum absolute atomic E-state index is 12.7. The van der Waals surface area contributed by atoms with Crippen LogP contribution in [-0.2, 0) is 0 Å². The summed E-state index contributed by atoms with van der Waals surface area (Å²) < 4.78 is 1.88. The van der Waals surface area contributed by atoms with Gasteiger partial charge in [0.15, 0.2) is 0 Å². The number of fused-ring (bicyclic) bond motifs is 1. The molecule has 26 heavy (non-hydrogen) atoms. The lowest BCUT2D eigenvalue weighted by molar-refractivity contribution is 0.0697. The Bertz CT molecular complexity index is 1090. The van der Waals surface area contributed by atoms with Crippen molar-refractivity contribution in [1.29, 1.82) is 0 Å². The van der Waals surface area contributed by atoms with Crippen molar-refractivity contribution in [2.75, 3.05) is 13.1 Å². The number of carbonyl (C=O) groups excluding carboxylic acids is 1. The van der Waals surface area contributed by atoms with E-state index in [2.05, 4.69) is 4.98 Å². The summed E-state index contributed by atoms with van der Waals surface area (Å²) in [5.74, 6) is -0.0554. The van der Waals surface area contributed by atoms with Gasteiger partial charge in [0.05, 0.1) is 20.1 Å². The first-order chi connectivity index (χ1) is 12.5. The molecule has 4 rings (SSSR count). The maximum Gasteiger partial charge on any atom is 0.329 e.